The van der Waals surface area contributed by atoms with Gasteiger partial charge in [-0.25, -0.2) is 13.4 Å². The van der Waals surface area contributed by atoms with Gasteiger partial charge in [0.15, 0.2) is 9.84 Å². The van der Waals surface area contributed by atoms with Gasteiger partial charge in [0.1, 0.15) is 17.5 Å². The summed E-state index contributed by atoms with van der Waals surface area (Å²) in [5.74, 6) is 2.41. The van der Waals surface area contributed by atoms with Crippen LogP contribution in [-0.2, 0) is 15.3 Å². The fourth-order valence-corrected chi connectivity index (χ4v) is 4.58. The number of nitrogens with zero attached hydrogens (tertiary/aromatic N) is 2. The molecule has 3 aliphatic rings. The highest BCUT2D eigenvalue weighted by molar-refractivity contribution is 7.93. The summed E-state index contributed by atoms with van der Waals surface area (Å²) in [4.78, 5) is 22.1. The summed E-state index contributed by atoms with van der Waals surface area (Å²) in [6.07, 6.45) is 9.60. The Morgan fingerprint density at radius 1 is 1.23 bits per heavy atom. The Balaban J connectivity index is 1.56. The Morgan fingerprint density at radius 2 is 1.90 bits per heavy atom. The van der Waals surface area contributed by atoms with Crippen LogP contribution in [0.4, 0.5) is 0 Å². The summed E-state index contributed by atoms with van der Waals surface area (Å²) in [6.45, 7) is 6.07. The molecule has 1 N–H and O–H groups in total. The highest BCUT2D eigenvalue weighted by Crippen LogP contribution is 2.52. The average molecular weight is 434 g/mol. The summed E-state index contributed by atoms with van der Waals surface area (Å²) in [6, 6.07) is -0.332. The first kappa shape index (κ1) is 21.3. The first-order valence-corrected chi connectivity index (χ1v) is 12.7. The summed E-state index contributed by atoms with van der Waals surface area (Å²) < 4.78 is 29.2. The van der Waals surface area contributed by atoms with Crippen LogP contribution in [0.2, 0.25) is 0 Å². The van der Waals surface area contributed by atoms with E-state index in [2.05, 4.69) is 15.3 Å². The van der Waals surface area contributed by atoms with Gasteiger partial charge in [0, 0.05) is 23.3 Å². The number of amides is 1. The highest BCUT2D eigenvalue weighted by Gasteiger charge is 2.47. The molecule has 1 heterocycles. The number of carbonyl (C=O) groups is 1. The standard InChI is InChI=1S/C22H31N3O4S/c1-22(2,3)21-23-12-17(20(25-21)29-16-10-14-9-15(14)11-16)19(26)24-18(13-5-6-13)7-8-30(4,27)28/h7-8,12-16,18H,5-6,9-11H2,1-4H3,(H,24,26)/b8-7+/t14-,15+,16?,18-/m1/s1. The van der Waals surface area contributed by atoms with Crippen LogP contribution in [0, 0.1) is 17.8 Å². The molecule has 4 atom stereocenters. The lowest BCUT2D eigenvalue weighted by Crippen LogP contribution is -2.36. The van der Waals surface area contributed by atoms with Crippen LogP contribution in [0.15, 0.2) is 17.7 Å². The minimum absolute atomic E-state index is 0.0902. The first-order chi connectivity index (χ1) is 14.0. The molecule has 1 aromatic rings. The number of sulfone groups is 1. The van der Waals surface area contributed by atoms with E-state index in [9.17, 15) is 13.2 Å². The van der Waals surface area contributed by atoms with Crippen LogP contribution in [0.1, 0.15) is 69.1 Å². The number of fused-ring (bicyclic) bond motifs is 1. The van der Waals surface area contributed by atoms with E-state index in [-0.39, 0.29) is 29.4 Å². The number of hydrogen-bond acceptors (Lipinski definition) is 6. The van der Waals surface area contributed by atoms with Gasteiger partial charge in [0.2, 0.25) is 5.88 Å². The second kappa shape index (κ2) is 7.62. The minimum atomic E-state index is -3.25. The zero-order valence-electron chi connectivity index (χ0n) is 18.1. The maximum Gasteiger partial charge on any atom is 0.258 e. The Labute approximate surface area is 178 Å². The van der Waals surface area contributed by atoms with Crippen molar-refractivity contribution < 1.29 is 17.9 Å². The third kappa shape index (κ3) is 5.20. The SMILES string of the molecule is CC(C)(C)c1ncc(C(=O)N[C@H](/C=C/S(C)(=O)=O)C2CC2)c(OC2C[C@@H]3C[C@@H]3C2)n1. The van der Waals surface area contributed by atoms with Gasteiger partial charge in [-0.05, 0) is 49.9 Å². The maximum atomic E-state index is 13.1. The van der Waals surface area contributed by atoms with Gasteiger partial charge in [-0.2, -0.15) is 4.98 Å². The molecule has 0 radical (unpaired) electrons. The van der Waals surface area contributed by atoms with E-state index in [0.29, 0.717) is 17.3 Å². The van der Waals surface area contributed by atoms with Gasteiger partial charge in [-0.3, -0.25) is 4.79 Å². The predicted molar refractivity (Wildman–Crippen MR) is 114 cm³/mol. The number of carbonyl (C=O) groups excluding carboxylic acids is 1. The van der Waals surface area contributed by atoms with Crippen molar-refractivity contribution in [2.45, 2.75) is 70.4 Å². The lowest BCUT2D eigenvalue weighted by molar-refractivity contribution is 0.0929. The second-order valence-corrected chi connectivity index (χ2v) is 12.1. The molecule has 0 spiro atoms. The van der Waals surface area contributed by atoms with E-state index in [1.54, 1.807) is 6.08 Å². The van der Waals surface area contributed by atoms with Gasteiger partial charge in [-0.15, -0.1) is 0 Å². The molecule has 3 fully saturated rings. The minimum Gasteiger partial charge on any atom is -0.474 e. The monoisotopic (exact) mass is 433 g/mol. The van der Waals surface area contributed by atoms with Crippen molar-refractivity contribution in [3.63, 3.8) is 0 Å². The molecule has 1 amide bonds. The fourth-order valence-electron chi connectivity index (χ4n) is 4.12. The van der Waals surface area contributed by atoms with Crippen LogP contribution in [0.5, 0.6) is 5.88 Å². The maximum absolute atomic E-state index is 13.1. The van der Waals surface area contributed by atoms with Crippen LogP contribution < -0.4 is 10.1 Å². The van der Waals surface area contributed by atoms with Gasteiger partial charge in [0.05, 0.1) is 6.04 Å². The normalized spacial score (nSPS) is 27.0. The Hall–Kier alpha value is -1.96. The molecular weight excluding hydrogens is 402 g/mol. The van der Waals surface area contributed by atoms with Crippen molar-refractivity contribution in [2.24, 2.45) is 17.8 Å². The summed E-state index contributed by atoms with van der Waals surface area (Å²) >= 11 is 0. The number of nitrogens with one attached hydrogen (secondary N) is 1. The van der Waals surface area contributed by atoms with E-state index in [1.165, 1.54) is 12.6 Å². The second-order valence-electron chi connectivity index (χ2n) is 10.1. The Morgan fingerprint density at radius 3 is 2.47 bits per heavy atom. The molecule has 1 unspecified atom stereocenters. The molecule has 0 saturated heterocycles. The smallest absolute Gasteiger partial charge is 0.258 e. The van der Waals surface area contributed by atoms with Crippen molar-refractivity contribution >= 4 is 15.7 Å². The summed E-state index contributed by atoms with van der Waals surface area (Å²) in [5, 5.41) is 4.12. The predicted octanol–water partition coefficient (Wildman–Crippen LogP) is 3.02. The van der Waals surface area contributed by atoms with Crippen LogP contribution in [0.25, 0.3) is 0 Å². The molecule has 0 aromatic carbocycles. The lowest BCUT2D eigenvalue weighted by Gasteiger charge is -2.22. The van der Waals surface area contributed by atoms with E-state index in [1.807, 2.05) is 20.8 Å². The van der Waals surface area contributed by atoms with Crippen LogP contribution >= 0.6 is 0 Å². The Kier molecular flexibility index (Phi) is 5.41. The molecule has 0 bridgehead atoms. The largest absolute Gasteiger partial charge is 0.474 e. The number of aromatic nitrogens is 2. The zero-order valence-corrected chi connectivity index (χ0v) is 18.9. The zero-order chi connectivity index (χ0) is 21.7. The molecule has 3 aliphatic carbocycles. The third-order valence-corrected chi connectivity index (χ3v) is 6.76. The van der Waals surface area contributed by atoms with E-state index >= 15 is 0 Å². The van der Waals surface area contributed by atoms with Crippen LogP contribution in [0.3, 0.4) is 0 Å². The quantitative estimate of drug-likeness (QED) is 0.710. The Bertz CT molecular complexity index is 953. The van der Waals surface area contributed by atoms with Gasteiger partial charge < -0.3 is 10.1 Å². The molecule has 164 valence electrons. The van der Waals surface area contributed by atoms with Gasteiger partial charge in [-0.1, -0.05) is 26.8 Å². The highest BCUT2D eigenvalue weighted by atomic mass is 32.2. The first-order valence-electron chi connectivity index (χ1n) is 10.7. The third-order valence-electron chi connectivity index (χ3n) is 6.11. The summed E-state index contributed by atoms with van der Waals surface area (Å²) in [7, 11) is -3.25. The topological polar surface area (TPSA) is 98.2 Å². The van der Waals surface area contributed by atoms with Crippen molar-refractivity contribution in [3.8, 4) is 5.88 Å². The molecule has 7 nitrogen and oxygen atoms in total. The van der Waals surface area contributed by atoms with Crippen molar-refractivity contribution in [3.05, 3.63) is 29.1 Å². The number of hydrogen-bond donors (Lipinski definition) is 1. The van der Waals surface area contributed by atoms with Crippen molar-refractivity contribution in [1.29, 1.82) is 0 Å². The molecular formula is C22H31N3O4S. The van der Waals surface area contributed by atoms with E-state index in [4.69, 9.17) is 4.74 Å². The van der Waals surface area contributed by atoms with Crippen molar-refractivity contribution in [2.75, 3.05) is 6.26 Å². The summed E-state index contributed by atoms with van der Waals surface area (Å²) in [5.41, 5.74) is 0.0432. The van der Waals surface area contributed by atoms with Gasteiger partial charge >= 0.3 is 0 Å². The number of ether oxygens (including phenoxy) is 1. The van der Waals surface area contributed by atoms with E-state index in [0.717, 1.165) is 49.2 Å². The van der Waals surface area contributed by atoms with Crippen LogP contribution in [-0.4, -0.2) is 42.7 Å². The fraction of sp³-hybridized carbons (Fsp3) is 0.682. The molecule has 4 rings (SSSR count). The molecule has 30 heavy (non-hydrogen) atoms. The molecule has 3 saturated carbocycles. The van der Waals surface area contributed by atoms with Gasteiger partial charge in [0.25, 0.3) is 5.91 Å². The number of rotatable bonds is 7. The molecule has 8 heteroatoms. The lowest BCUT2D eigenvalue weighted by atomic mass is 9.95. The molecule has 1 aromatic heterocycles. The van der Waals surface area contributed by atoms with Crippen molar-refractivity contribution in [1.82, 2.24) is 15.3 Å². The van der Waals surface area contributed by atoms with E-state index < -0.39 is 9.84 Å². The average Bonchev–Trinajstić information content (AvgIpc) is 3.56. The molecule has 0 aliphatic heterocycles.